The lowest BCUT2D eigenvalue weighted by Gasteiger charge is -2.10. The summed E-state index contributed by atoms with van der Waals surface area (Å²) in [6, 6.07) is 0. The average molecular weight is 281 g/mol. The summed E-state index contributed by atoms with van der Waals surface area (Å²) in [7, 11) is 0. The highest BCUT2D eigenvalue weighted by molar-refractivity contribution is 9.10. The van der Waals surface area contributed by atoms with Gasteiger partial charge < -0.3 is 10.8 Å². The summed E-state index contributed by atoms with van der Waals surface area (Å²) in [5, 5.41) is 8.55. The van der Waals surface area contributed by atoms with Crippen molar-refractivity contribution in [3.05, 3.63) is 21.9 Å². The molecule has 1 aromatic rings. The number of nitrogens with zero attached hydrogens (tertiary/aromatic N) is 1. The second-order valence-electron chi connectivity index (χ2n) is 2.77. The van der Waals surface area contributed by atoms with Gasteiger partial charge in [0, 0.05) is 11.1 Å². The van der Waals surface area contributed by atoms with Crippen molar-refractivity contribution >= 4 is 27.6 Å². The zero-order valence-corrected chi connectivity index (χ0v) is 8.96. The van der Waals surface area contributed by atoms with Crippen LogP contribution in [0.2, 0.25) is 0 Å². The van der Waals surface area contributed by atoms with Gasteiger partial charge in [0.15, 0.2) is 0 Å². The van der Waals surface area contributed by atoms with Crippen LogP contribution < -0.4 is 5.73 Å². The first-order valence-corrected chi connectivity index (χ1v) is 4.65. The van der Waals surface area contributed by atoms with E-state index in [1.54, 1.807) is 0 Å². The van der Waals surface area contributed by atoms with Gasteiger partial charge in [-0.25, -0.2) is 13.8 Å². The number of carboxylic acid groups (broad SMARTS) is 1. The first kappa shape index (κ1) is 11.8. The van der Waals surface area contributed by atoms with Crippen LogP contribution in [-0.2, 0) is 11.2 Å². The van der Waals surface area contributed by atoms with E-state index >= 15 is 0 Å². The number of hydrogen-bond donors (Lipinski definition) is 2. The molecular weight excluding hydrogens is 274 g/mol. The number of alkyl halides is 2. The Morgan fingerprint density at radius 1 is 1.67 bits per heavy atom. The molecule has 0 amide bonds. The SMILES string of the molecule is Nc1cnc(Br)c(CC(=O)O)c1C(F)F. The Morgan fingerprint density at radius 3 is 2.73 bits per heavy atom. The molecule has 0 fully saturated rings. The third kappa shape index (κ3) is 2.62. The van der Waals surface area contributed by atoms with Crippen molar-refractivity contribution in [3.63, 3.8) is 0 Å². The molecule has 15 heavy (non-hydrogen) atoms. The van der Waals surface area contributed by atoms with E-state index in [1.165, 1.54) is 0 Å². The molecule has 1 heterocycles. The van der Waals surface area contributed by atoms with Crippen LogP contribution in [0.4, 0.5) is 14.5 Å². The van der Waals surface area contributed by atoms with Crippen molar-refractivity contribution in [2.75, 3.05) is 5.73 Å². The van der Waals surface area contributed by atoms with Crippen LogP contribution in [0.5, 0.6) is 0 Å². The first-order valence-electron chi connectivity index (χ1n) is 3.86. The summed E-state index contributed by atoms with van der Waals surface area (Å²) in [4.78, 5) is 14.1. The van der Waals surface area contributed by atoms with Crippen molar-refractivity contribution < 1.29 is 18.7 Å². The number of rotatable bonds is 3. The minimum Gasteiger partial charge on any atom is -0.481 e. The molecule has 0 aliphatic rings. The molecule has 0 bridgehead atoms. The third-order valence-electron chi connectivity index (χ3n) is 1.75. The van der Waals surface area contributed by atoms with Gasteiger partial charge in [-0.3, -0.25) is 4.79 Å². The van der Waals surface area contributed by atoms with Crippen molar-refractivity contribution in [2.45, 2.75) is 12.8 Å². The maximum absolute atomic E-state index is 12.6. The highest BCUT2D eigenvalue weighted by atomic mass is 79.9. The standard InChI is InChI=1S/C8H7BrF2N2O2/c9-7-3(1-5(14)15)6(8(10)11)4(12)2-13-7/h2,8H,1,12H2,(H,14,15). The number of nitrogen functional groups attached to an aromatic ring is 1. The van der Waals surface area contributed by atoms with Crippen LogP contribution in [0.15, 0.2) is 10.8 Å². The van der Waals surface area contributed by atoms with E-state index in [-0.39, 0.29) is 15.9 Å². The van der Waals surface area contributed by atoms with Gasteiger partial charge in [-0.2, -0.15) is 0 Å². The van der Waals surface area contributed by atoms with Crippen LogP contribution in [0, 0.1) is 0 Å². The second-order valence-corrected chi connectivity index (χ2v) is 3.52. The Kier molecular flexibility index (Phi) is 3.57. The number of aliphatic carboxylic acids is 1. The lowest BCUT2D eigenvalue weighted by molar-refractivity contribution is -0.136. The number of nitrogens with two attached hydrogens (primary N) is 1. The van der Waals surface area contributed by atoms with Crippen molar-refractivity contribution in [1.82, 2.24) is 4.98 Å². The molecule has 0 atom stereocenters. The van der Waals surface area contributed by atoms with E-state index in [9.17, 15) is 13.6 Å². The number of carbonyl (C=O) groups is 1. The Bertz CT molecular complexity index is 398. The molecule has 82 valence electrons. The number of hydrogen-bond acceptors (Lipinski definition) is 3. The molecule has 0 saturated carbocycles. The van der Waals surface area contributed by atoms with Gasteiger partial charge in [0.1, 0.15) is 4.60 Å². The fourth-order valence-electron chi connectivity index (χ4n) is 1.14. The van der Waals surface area contributed by atoms with E-state index in [2.05, 4.69) is 20.9 Å². The minimum atomic E-state index is -2.82. The highest BCUT2D eigenvalue weighted by Gasteiger charge is 2.21. The Labute approximate surface area is 92.2 Å². The maximum Gasteiger partial charge on any atom is 0.307 e. The average Bonchev–Trinajstić information content (AvgIpc) is 2.10. The van der Waals surface area contributed by atoms with E-state index in [0.717, 1.165) is 6.20 Å². The third-order valence-corrected chi connectivity index (χ3v) is 2.43. The zero-order valence-electron chi connectivity index (χ0n) is 7.38. The predicted molar refractivity (Wildman–Crippen MR) is 52.6 cm³/mol. The van der Waals surface area contributed by atoms with Crippen LogP contribution >= 0.6 is 15.9 Å². The summed E-state index contributed by atoms with van der Waals surface area (Å²) >= 11 is 2.91. The number of anilines is 1. The molecule has 1 rings (SSSR count). The highest BCUT2D eigenvalue weighted by Crippen LogP contribution is 2.32. The Balaban J connectivity index is 3.31. The number of carboxylic acids is 1. The zero-order chi connectivity index (χ0) is 11.6. The first-order chi connectivity index (χ1) is 6.93. The topological polar surface area (TPSA) is 76.2 Å². The van der Waals surface area contributed by atoms with Gasteiger partial charge in [-0.05, 0) is 15.9 Å². The largest absolute Gasteiger partial charge is 0.481 e. The molecule has 0 spiro atoms. The van der Waals surface area contributed by atoms with Gasteiger partial charge in [-0.1, -0.05) is 0 Å². The molecule has 0 radical (unpaired) electrons. The van der Waals surface area contributed by atoms with Crippen molar-refractivity contribution in [2.24, 2.45) is 0 Å². The van der Waals surface area contributed by atoms with E-state index in [1.807, 2.05) is 0 Å². The molecule has 0 unspecified atom stereocenters. The fourth-order valence-corrected chi connectivity index (χ4v) is 1.59. The quantitative estimate of drug-likeness (QED) is 0.831. The molecule has 3 N–H and O–H groups in total. The molecule has 0 saturated heterocycles. The van der Waals surface area contributed by atoms with Crippen LogP contribution in [0.25, 0.3) is 0 Å². The molecular formula is C8H7BrF2N2O2. The lowest BCUT2D eigenvalue weighted by atomic mass is 10.1. The Hall–Kier alpha value is -1.24. The van der Waals surface area contributed by atoms with Gasteiger partial charge in [0.25, 0.3) is 6.43 Å². The van der Waals surface area contributed by atoms with Gasteiger partial charge in [-0.15, -0.1) is 0 Å². The molecule has 4 nitrogen and oxygen atoms in total. The van der Waals surface area contributed by atoms with Crippen molar-refractivity contribution in [3.8, 4) is 0 Å². The number of halogens is 3. The van der Waals surface area contributed by atoms with Crippen molar-refractivity contribution in [1.29, 1.82) is 0 Å². The second kappa shape index (κ2) is 4.52. The smallest absolute Gasteiger partial charge is 0.307 e. The fraction of sp³-hybridized carbons (Fsp3) is 0.250. The van der Waals surface area contributed by atoms with Gasteiger partial charge >= 0.3 is 5.97 Å². The molecule has 0 aliphatic carbocycles. The predicted octanol–water partition coefficient (Wildman–Crippen LogP) is 1.99. The van der Waals surface area contributed by atoms with Gasteiger partial charge in [0.05, 0.1) is 18.3 Å². The van der Waals surface area contributed by atoms with Crippen LogP contribution in [0.1, 0.15) is 17.6 Å². The molecule has 0 aromatic carbocycles. The van der Waals surface area contributed by atoms with Crippen LogP contribution in [0.3, 0.4) is 0 Å². The summed E-state index contributed by atoms with van der Waals surface area (Å²) in [6.07, 6.45) is -2.30. The normalized spacial score (nSPS) is 10.7. The Morgan fingerprint density at radius 2 is 2.27 bits per heavy atom. The lowest BCUT2D eigenvalue weighted by Crippen LogP contribution is -2.08. The van der Waals surface area contributed by atoms with Crippen LogP contribution in [-0.4, -0.2) is 16.1 Å². The van der Waals surface area contributed by atoms with E-state index < -0.39 is 24.4 Å². The number of pyridine rings is 1. The summed E-state index contributed by atoms with van der Waals surface area (Å²) in [6.45, 7) is 0. The van der Waals surface area contributed by atoms with E-state index in [0.29, 0.717) is 0 Å². The monoisotopic (exact) mass is 280 g/mol. The summed E-state index contributed by atoms with van der Waals surface area (Å²) < 4.78 is 25.3. The minimum absolute atomic E-state index is 0.0781. The summed E-state index contributed by atoms with van der Waals surface area (Å²) in [5.41, 5.74) is 4.55. The van der Waals surface area contributed by atoms with E-state index in [4.69, 9.17) is 10.8 Å². The summed E-state index contributed by atoms with van der Waals surface area (Å²) in [5.74, 6) is -1.22. The maximum atomic E-state index is 12.6. The molecule has 1 aromatic heterocycles. The molecule has 0 aliphatic heterocycles. The number of aromatic nitrogens is 1. The van der Waals surface area contributed by atoms with Gasteiger partial charge in [0.2, 0.25) is 0 Å². The molecule has 7 heteroatoms.